The first-order chi connectivity index (χ1) is 13.8. The molecule has 0 unspecified atom stereocenters. The number of amides is 1. The lowest BCUT2D eigenvalue weighted by Gasteiger charge is -2.32. The lowest BCUT2D eigenvalue weighted by molar-refractivity contribution is -0.00189. The third kappa shape index (κ3) is 3.55. The molecule has 6 nitrogen and oxygen atoms in total. The van der Waals surface area contributed by atoms with Crippen molar-refractivity contribution in [2.24, 2.45) is 5.73 Å². The molecular weight excluding hydrogens is 415 g/mol. The zero-order valence-electron chi connectivity index (χ0n) is 15.6. The lowest BCUT2D eigenvalue weighted by atomic mass is 10.0. The molecule has 1 amide bonds. The number of nitrogens with zero attached hydrogens (tertiary/aromatic N) is 1. The molecule has 9 heteroatoms. The van der Waals surface area contributed by atoms with Gasteiger partial charge in [0.05, 0.1) is 22.5 Å². The second-order valence-corrected chi connectivity index (χ2v) is 9.83. The Kier molecular flexibility index (Phi) is 5.16. The Morgan fingerprint density at radius 3 is 2.76 bits per heavy atom. The number of fused-ring (bicyclic) bond motifs is 1. The van der Waals surface area contributed by atoms with Gasteiger partial charge in [0, 0.05) is 23.4 Å². The van der Waals surface area contributed by atoms with Crippen molar-refractivity contribution in [1.29, 1.82) is 0 Å². The number of morpholine rings is 1. The van der Waals surface area contributed by atoms with Gasteiger partial charge in [0.2, 0.25) is 10.0 Å². The number of primary amides is 1. The van der Waals surface area contributed by atoms with E-state index in [4.69, 9.17) is 10.5 Å². The van der Waals surface area contributed by atoms with E-state index in [0.29, 0.717) is 10.4 Å². The van der Waals surface area contributed by atoms with Crippen molar-refractivity contribution in [1.82, 2.24) is 4.31 Å². The van der Waals surface area contributed by atoms with E-state index in [0.717, 1.165) is 16.2 Å². The molecule has 1 aliphatic rings. The number of sulfonamides is 1. The summed E-state index contributed by atoms with van der Waals surface area (Å²) in [5, 5.41) is 0.827. The van der Waals surface area contributed by atoms with Gasteiger partial charge in [0.25, 0.3) is 5.91 Å². The van der Waals surface area contributed by atoms with Gasteiger partial charge in [0.1, 0.15) is 5.82 Å². The molecule has 0 saturated carbocycles. The van der Waals surface area contributed by atoms with Crippen LogP contribution in [-0.4, -0.2) is 38.3 Å². The first-order valence-corrected chi connectivity index (χ1v) is 11.2. The summed E-state index contributed by atoms with van der Waals surface area (Å²) < 4.78 is 47.8. The maximum absolute atomic E-state index is 13.6. The minimum atomic E-state index is -3.84. The van der Waals surface area contributed by atoms with Gasteiger partial charge in [-0.15, -0.1) is 11.3 Å². The van der Waals surface area contributed by atoms with E-state index in [1.807, 2.05) is 24.3 Å². The zero-order chi connectivity index (χ0) is 20.8. The molecule has 1 saturated heterocycles. The number of carbonyl (C=O) groups is 1. The molecule has 29 heavy (non-hydrogen) atoms. The maximum Gasteiger partial charge on any atom is 0.259 e. The molecule has 1 atom stereocenters. The maximum atomic E-state index is 13.6. The van der Waals surface area contributed by atoms with Crippen molar-refractivity contribution in [3.63, 3.8) is 0 Å². The van der Waals surface area contributed by atoms with Gasteiger partial charge >= 0.3 is 0 Å². The molecule has 152 valence electrons. The molecule has 1 aromatic heterocycles. The van der Waals surface area contributed by atoms with Gasteiger partial charge in [-0.25, -0.2) is 12.8 Å². The number of benzene rings is 2. The summed E-state index contributed by atoms with van der Waals surface area (Å²) in [6, 6.07) is 11.2. The molecule has 0 aliphatic carbocycles. The van der Waals surface area contributed by atoms with E-state index in [2.05, 4.69) is 0 Å². The fraction of sp³-hybridized carbons (Fsp3) is 0.250. The average molecular weight is 435 g/mol. The van der Waals surface area contributed by atoms with Gasteiger partial charge in [-0.3, -0.25) is 4.79 Å². The molecule has 0 spiro atoms. The Hall–Kier alpha value is -2.33. The summed E-state index contributed by atoms with van der Waals surface area (Å²) >= 11 is 1.27. The number of aryl methyl sites for hydroxylation is 1. The van der Waals surface area contributed by atoms with Crippen LogP contribution in [0, 0.1) is 12.7 Å². The number of thiophene rings is 1. The Balaban J connectivity index is 1.72. The highest BCUT2D eigenvalue weighted by atomic mass is 32.2. The summed E-state index contributed by atoms with van der Waals surface area (Å²) in [7, 11) is -3.84. The minimum Gasteiger partial charge on any atom is -0.371 e. The molecule has 0 radical (unpaired) electrons. The van der Waals surface area contributed by atoms with E-state index in [9.17, 15) is 17.6 Å². The second kappa shape index (κ2) is 7.49. The van der Waals surface area contributed by atoms with E-state index < -0.39 is 27.9 Å². The van der Waals surface area contributed by atoms with Gasteiger partial charge in [-0.05, 0) is 42.1 Å². The standard InChI is InChI=1S/C20H19FN2O4S2/c1-12-10-13(6-7-15(12)21)29(25,26)23-8-9-27-16(11-23)18-14-4-2-3-5-17(14)28-19(18)20(22)24/h2-7,10,16H,8-9,11H2,1H3,(H2,22,24)/t16-/m1/s1. The topological polar surface area (TPSA) is 89.7 Å². The molecule has 3 aromatic rings. The predicted molar refractivity (Wildman–Crippen MR) is 109 cm³/mol. The Morgan fingerprint density at radius 1 is 1.28 bits per heavy atom. The van der Waals surface area contributed by atoms with Crippen molar-refractivity contribution in [3.8, 4) is 0 Å². The van der Waals surface area contributed by atoms with Crippen molar-refractivity contribution in [2.45, 2.75) is 17.9 Å². The van der Waals surface area contributed by atoms with Crippen molar-refractivity contribution >= 4 is 37.4 Å². The number of hydrogen-bond donors (Lipinski definition) is 1. The van der Waals surface area contributed by atoms with Crippen LogP contribution < -0.4 is 5.73 Å². The Labute approximate surface area is 171 Å². The fourth-order valence-corrected chi connectivity index (χ4v) is 6.13. The lowest BCUT2D eigenvalue weighted by Crippen LogP contribution is -2.42. The van der Waals surface area contributed by atoms with E-state index in [1.54, 1.807) is 0 Å². The minimum absolute atomic E-state index is 0.0300. The number of carbonyl (C=O) groups excluding carboxylic acids is 1. The highest BCUT2D eigenvalue weighted by Crippen LogP contribution is 2.38. The summed E-state index contributed by atoms with van der Waals surface area (Å²) in [5.41, 5.74) is 6.45. The van der Waals surface area contributed by atoms with Crippen LogP contribution in [-0.2, 0) is 14.8 Å². The summed E-state index contributed by atoms with van der Waals surface area (Å²) in [4.78, 5) is 12.4. The monoisotopic (exact) mass is 434 g/mol. The molecule has 0 bridgehead atoms. The van der Waals surface area contributed by atoms with Crippen molar-refractivity contribution in [2.75, 3.05) is 19.7 Å². The van der Waals surface area contributed by atoms with Gasteiger partial charge < -0.3 is 10.5 Å². The largest absolute Gasteiger partial charge is 0.371 e. The van der Waals surface area contributed by atoms with Gasteiger partial charge in [-0.2, -0.15) is 4.31 Å². The van der Waals surface area contributed by atoms with E-state index in [1.165, 1.54) is 34.7 Å². The first kappa shape index (κ1) is 20.0. The van der Waals surface area contributed by atoms with E-state index >= 15 is 0 Å². The van der Waals surface area contributed by atoms with Crippen LogP contribution in [0.4, 0.5) is 4.39 Å². The summed E-state index contributed by atoms with van der Waals surface area (Å²) in [5.74, 6) is -1.03. The summed E-state index contributed by atoms with van der Waals surface area (Å²) in [6.45, 7) is 1.91. The second-order valence-electron chi connectivity index (χ2n) is 6.84. The predicted octanol–water partition coefficient (Wildman–Crippen LogP) is 3.21. The normalized spacial score (nSPS) is 18.2. The smallest absolute Gasteiger partial charge is 0.259 e. The molecule has 4 rings (SSSR count). The Morgan fingerprint density at radius 2 is 2.03 bits per heavy atom. The van der Waals surface area contributed by atoms with Gasteiger partial charge in [-0.1, -0.05) is 18.2 Å². The van der Waals surface area contributed by atoms with Crippen molar-refractivity contribution < 1.29 is 22.3 Å². The highest BCUT2D eigenvalue weighted by molar-refractivity contribution is 7.89. The zero-order valence-corrected chi connectivity index (χ0v) is 17.2. The van der Waals surface area contributed by atoms with Gasteiger partial charge in [0.15, 0.2) is 0 Å². The number of ether oxygens (including phenoxy) is 1. The first-order valence-electron chi connectivity index (χ1n) is 8.98. The molecule has 1 aliphatic heterocycles. The van der Waals surface area contributed by atoms with Crippen LogP contribution in [0.15, 0.2) is 47.4 Å². The van der Waals surface area contributed by atoms with Crippen LogP contribution in [0.2, 0.25) is 0 Å². The highest BCUT2D eigenvalue weighted by Gasteiger charge is 2.34. The average Bonchev–Trinajstić information content (AvgIpc) is 3.10. The molecule has 2 N–H and O–H groups in total. The third-order valence-corrected chi connectivity index (χ3v) is 8.04. The number of halogens is 1. The van der Waals surface area contributed by atoms with Crippen LogP contribution in [0.3, 0.4) is 0 Å². The SMILES string of the molecule is Cc1cc(S(=O)(=O)N2CCO[C@@H](c3c(C(N)=O)sc4ccccc34)C2)ccc1F. The third-order valence-electron chi connectivity index (χ3n) is 4.98. The quantitative estimate of drug-likeness (QED) is 0.683. The number of hydrogen-bond acceptors (Lipinski definition) is 5. The molecule has 2 aromatic carbocycles. The van der Waals surface area contributed by atoms with Crippen LogP contribution in [0.25, 0.3) is 10.1 Å². The van der Waals surface area contributed by atoms with Crippen molar-refractivity contribution in [3.05, 3.63) is 64.3 Å². The van der Waals surface area contributed by atoms with Crippen LogP contribution >= 0.6 is 11.3 Å². The van der Waals surface area contributed by atoms with Crippen LogP contribution in [0.1, 0.15) is 26.9 Å². The number of nitrogens with two attached hydrogens (primary N) is 1. The Bertz CT molecular complexity index is 1210. The van der Waals surface area contributed by atoms with E-state index in [-0.39, 0.29) is 30.2 Å². The number of rotatable bonds is 4. The van der Waals surface area contributed by atoms with Crippen LogP contribution in [0.5, 0.6) is 0 Å². The fourth-order valence-electron chi connectivity index (χ4n) is 3.51. The molecule has 2 heterocycles. The molecular formula is C20H19FN2O4S2. The molecule has 1 fully saturated rings. The summed E-state index contributed by atoms with van der Waals surface area (Å²) in [6.07, 6.45) is -0.626.